The predicted octanol–water partition coefficient (Wildman–Crippen LogP) is 5.59. The van der Waals surface area contributed by atoms with Crippen molar-refractivity contribution in [3.63, 3.8) is 0 Å². The molecule has 1 amide bonds. The molecule has 0 bridgehead atoms. The Labute approximate surface area is 194 Å². The van der Waals surface area contributed by atoms with Crippen molar-refractivity contribution < 1.29 is 9.59 Å². The number of carbonyl (C=O) groups excluding carboxylic acids is 2. The molecule has 0 saturated heterocycles. The first-order valence-corrected chi connectivity index (χ1v) is 12.2. The van der Waals surface area contributed by atoms with E-state index >= 15 is 0 Å². The van der Waals surface area contributed by atoms with Gasteiger partial charge in [-0.3, -0.25) is 14.6 Å². The number of amides is 1. The first-order chi connectivity index (χ1) is 15.5. The summed E-state index contributed by atoms with van der Waals surface area (Å²) in [5, 5.41) is 3.63. The van der Waals surface area contributed by atoms with Gasteiger partial charge in [-0.25, -0.2) is 4.98 Å². The number of ketones is 1. The number of nitrogens with zero attached hydrogens (tertiary/aromatic N) is 2. The zero-order valence-electron chi connectivity index (χ0n) is 18.5. The van der Waals surface area contributed by atoms with E-state index in [1.165, 1.54) is 11.1 Å². The molecule has 5 nitrogen and oxygen atoms in total. The average Bonchev–Trinajstić information content (AvgIpc) is 3.04. The van der Waals surface area contributed by atoms with Gasteiger partial charge in [-0.05, 0) is 85.5 Å². The standard InChI is InChI=1S/C26H30ClN3O2/c1-26-10-9-20-19-8-6-18(27)13-16(19)5-7-21(20)25(26)17(14-22(26)31)3-2-4-24(32)30-23-15-28-11-12-29-23/h6,8,11-13,15,17,20-21,25H,2-5,7,9-10,14H2,1H3,(H,29,30,32)/t17-,20?,21?,25?,26-/m1/s1. The van der Waals surface area contributed by atoms with Gasteiger partial charge in [-0.2, -0.15) is 0 Å². The van der Waals surface area contributed by atoms with E-state index in [0.29, 0.717) is 48.1 Å². The summed E-state index contributed by atoms with van der Waals surface area (Å²) >= 11 is 6.25. The molecule has 5 atom stereocenters. The second-order valence-electron chi connectivity index (χ2n) is 10.1. The van der Waals surface area contributed by atoms with Gasteiger partial charge in [-0.1, -0.05) is 24.6 Å². The molecule has 1 aromatic carbocycles. The van der Waals surface area contributed by atoms with Crippen LogP contribution in [0.3, 0.4) is 0 Å². The van der Waals surface area contributed by atoms with Gasteiger partial charge in [0.25, 0.3) is 0 Å². The van der Waals surface area contributed by atoms with Crippen LogP contribution in [0, 0.1) is 23.2 Å². The van der Waals surface area contributed by atoms with Gasteiger partial charge < -0.3 is 5.32 Å². The van der Waals surface area contributed by atoms with Gasteiger partial charge >= 0.3 is 0 Å². The summed E-state index contributed by atoms with van der Waals surface area (Å²) in [5.41, 5.74) is 2.65. The van der Waals surface area contributed by atoms with E-state index in [9.17, 15) is 9.59 Å². The highest BCUT2D eigenvalue weighted by Gasteiger charge is 2.58. The molecule has 2 aromatic rings. The summed E-state index contributed by atoms with van der Waals surface area (Å²) in [5.74, 6) is 2.76. The van der Waals surface area contributed by atoms with E-state index < -0.39 is 0 Å². The lowest BCUT2D eigenvalue weighted by molar-refractivity contribution is -0.129. The number of anilines is 1. The number of halogens is 1. The minimum absolute atomic E-state index is 0.0393. The third-order valence-corrected chi connectivity index (χ3v) is 8.58. The number of fused-ring (bicyclic) bond motifs is 5. The lowest BCUT2D eigenvalue weighted by Crippen LogP contribution is -2.44. The van der Waals surface area contributed by atoms with E-state index in [4.69, 9.17) is 11.6 Å². The van der Waals surface area contributed by atoms with Crippen LogP contribution in [0.25, 0.3) is 0 Å². The number of hydrogen-bond donors (Lipinski definition) is 1. The van der Waals surface area contributed by atoms with Crippen molar-refractivity contribution in [2.75, 3.05) is 5.32 Å². The van der Waals surface area contributed by atoms with Gasteiger partial charge in [0.15, 0.2) is 5.82 Å². The predicted molar refractivity (Wildman–Crippen MR) is 124 cm³/mol. The highest BCUT2D eigenvalue weighted by atomic mass is 35.5. The smallest absolute Gasteiger partial charge is 0.225 e. The van der Waals surface area contributed by atoms with Crippen LogP contribution in [-0.2, 0) is 16.0 Å². The van der Waals surface area contributed by atoms with E-state index in [1.54, 1.807) is 18.6 Å². The number of carbonyl (C=O) groups is 2. The molecule has 3 aliphatic rings. The zero-order valence-corrected chi connectivity index (χ0v) is 19.3. The number of rotatable bonds is 5. The lowest BCUT2D eigenvalue weighted by atomic mass is 9.54. The lowest BCUT2D eigenvalue weighted by Gasteiger charge is -2.50. The van der Waals surface area contributed by atoms with Gasteiger partial charge in [0.1, 0.15) is 5.78 Å². The largest absolute Gasteiger partial charge is 0.309 e. The number of aromatic nitrogens is 2. The summed E-state index contributed by atoms with van der Waals surface area (Å²) in [6.45, 7) is 2.22. The van der Waals surface area contributed by atoms with Gasteiger partial charge in [0.2, 0.25) is 5.91 Å². The number of benzene rings is 1. The van der Waals surface area contributed by atoms with Gasteiger partial charge in [0, 0.05) is 35.7 Å². The number of hydrogen-bond acceptors (Lipinski definition) is 4. The van der Waals surface area contributed by atoms with Crippen molar-refractivity contribution in [3.05, 3.63) is 52.9 Å². The van der Waals surface area contributed by atoms with Crippen LogP contribution in [0.4, 0.5) is 5.82 Å². The van der Waals surface area contributed by atoms with E-state index in [1.807, 2.05) is 6.07 Å². The van der Waals surface area contributed by atoms with Crippen LogP contribution in [0.1, 0.15) is 68.9 Å². The topological polar surface area (TPSA) is 72.0 Å². The Hall–Kier alpha value is -2.27. The van der Waals surface area contributed by atoms with Gasteiger partial charge in [0.05, 0.1) is 6.20 Å². The molecule has 3 aliphatic carbocycles. The summed E-state index contributed by atoms with van der Waals surface area (Å²) in [7, 11) is 0. The molecule has 2 saturated carbocycles. The van der Waals surface area contributed by atoms with Crippen LogP contribution < -0.4 is 5.32 Å². The maximum atomic E-state index is 13.1. The van der Waals surface area contributed by atoms with Crippen molar-refractivity contribution in [2.45, 2.75) is 64.2 Å². The Morgan fingerprint density at radius 2 is 2.16 bits per heavy atom. The van der Waals surface area contributed by atoms with Crippen molar-refractivity contribution in [1.29, 1.82) is 0 Å². The maximum absolute atomic E-state index is 13.1. The van der Waals surface area contributed by atoms with Crippen molar-refractivity contribution in [3.8, 4) is 0 Å². The molecule has 0 spiro atoms. The third-order valence-electron chi connectivity index (χ3n) is 8.34. The molecule has 1 heterocycles. The highest BCUT2D eigenvalue weighted by molar-refractivity contribution is 6.30. The summed E-state index contributed by atoms with van der Waals surface area (Å²) in [6, 6.07) is 6.37. The molecular formula is C26H30ClN3O2. The fourth-order valence-corrected chi connectivity index (χ4v) is 7.16. The highest BCUT2D eigenvalue weighted by Crippen LogP contribution is 2.62. The van der Waals surface area contributed by atoms with Crippen molar-refractivity contribution in [2.24, 2.45) is 23.2 Å². The Morgan fingerprint density at radius 1 is 1.28 bits per heavy atom. The molecule has 0 radical (unpaired) electrons. The molecule has 0 aliphatic heterocycles. The Kier molecular flexibility index (Phi) is 5.79. The number of Topliss-reactive ketones (excluding diaryl/α,β-unsaturated/α-hetero) is 1. The van der Waals surface area contributed by atoms with Crippen LogP contribution >= 0.6 is 11.6 Å². The molecule has 1 N–H and O–H groups in total. The van der Waals surface area contributed by atoms with E-state index in [2.05, 4.69) is 34.3 Å². The maximum Gasteiger partial charge on any atom is 0.225 e. The van der Waals surface area contributed by atoms with Crippen LogP contribution in [0.15, 0.2) is 36.8 Å². The Morgan fingerprint density at radius 3 is 2.97 bits per heavy atom. The summed E-state index contributed by atoms with van der Waals surface area (Å²) in [6.07, 6.45) is 11.8. The summed E-state index contributed by atoms with van der Waals surface area (Å²) in [4.78, 5) is 33.5. The van der Waals surface area contributed by atoms with Crippen LogP contribution in [0.5, 0.6) is 0 Å². The average molecular weight is 452 g/mol. The fraction of sp³-hybridized carbons (Fsp3) is 0.538. The molecule has 1 aromatic heterocycles. The minimum Gasteiger partial charge on any atom is -0.309 e. The molecule has 6 heteroatoms. The minimum atomic E-state index is -0.197. The molecule has 5 rings (SSSR count). The third kappa shape index (κ3) is 3.85. The van der Waals surface area contributed by atoms with E-state index in [0.717, 1.165) is 43.5 Å². The first-order valence-electron chi connectivity index (χ1n) is 11.8. The molecular weight excluding hydrogens is 422 g/mol. The second-order valence-corrected chi connectivity index (χ2v) is 10.5. The van der Waals surface area contributed by atoms with Crippen molar-refractivity contribution in [1.82, 2.24) is 9.97 Å². The molecule has 32 heavy (non-hydrogen) atoms. The number of aryl methyl sites for hydroxylation is 1. The van der Waals surface area contributed by atoms with Gasteiger partial charge in [-0.15, -0.1) is 0 Å². The van der Waals surface area contributed by atoms with E-state index in [-0.39, 0.29) is 11.3 Å². The first kappa shape index (κ1) is 21.6. The summed E-state index contributed by atoms with van der Waals surface area (Å²) < 4.78 is 0. The SMILES string of the molecule is C[C@]12CCC3c4ccc(Cl)cc4CCC3C1[C@H](CCCC(=O)Nc1cnccn1)CC2=O. The normalized spacial score (nSPS) is 30.9. The molecule has 3 unspecified atom stereocenters. The number of nitrogens with one attached hydrogen (secondary N) is 1. The zero-order chi connectivity index (χ0) is 22.3. The Balaban J connectivity index is 1.28. The molecule has 2 fully saturated rings. The monoisotopic (exact) mass is 451 g/mol. The van der Waals surface area contributed by atoms with Crippen LogP contribution in [-0.4, -0.2) is 21.7 Å². The molecule has 168 valence electrons. The quantitative estimate of drug-likeness (QED) is 0.643. The van der Waals surface area contributed by atoms with Crippen LogP contribution in [0.2, 0.25) is 5.02 Å². The fourth-order valence-electron chi connectivity index (χ4n) is 6.97. The Bertz CT molecular complexity index is 1030. The van der Waals surface area contributed by atoms with Crippen molar-refractivity contribution >= 4 is 29.1 Å². The second kappa shape index (κ2) is 8.58.